The van der Waals surface area contributed by atoms with Gasteiger partial charge in [-0.3, -0.25) is 0 Å². The molecule has 0 bridgehead atoms. The summed E-state index contributed by atoms with van der Waals surface area (Å²) < 4.78 is 13.0. The minimum atomic E-state index is -0.388. The van der Waals surface area contributed by atoms with Crippen molar-refractivity contribution in [3.05, 3.63) is 40.8 Å². The second-order valence-electron chi connectivity index (χ2n) is 3.98. The van der Waals surface area contributed by atoms with Crippen LogP contribution in [0.2, 0.25) is 5.02 Å². The lowest BCUT2D eigenvalue weighted by molar-refractivity contribution is 0.628. The molecule has 2 N–H and O–H groups in total. The summed E-state index contributed by atoms with van der Waals surface area (Å²) in [5.74, 6) is 0.439. The monoisotopic (exact) mass is 265 g/mol. The molecule has 0 spiro atoms. The molecule has 0 aliphatic carbocycles. The summed E-state index contributed by atoms with van der Waals surface area (Å²) in [5, 5.41) is 0.281. The molecule has 2 rings (SSSR count). The number of hydrogen-bond donors (Lipinski definition) is 1. The number of nitrogens with zero attached hydrogens (tertiary/aromatic N) is 2. The fourth-order valence-corrected chi connectivity index (χ4v) is 1.95. The number of aryl methyl sites for hydroxylation is 1. The first kappa shape index (κ1) is 12.8. The molecule has 0 fully saturated rings. The summed E-state index contributed by atoms with van der Waals surface area (Å²) in [6.45, 7) is 2.06. The average Bonchev–Trinajstić information content (AvgIpc) is 2.28. The number of aromatic nitrogens is 2. The third-order valence-electron chi connectivity index (χ3n) is 2.48. The molecule has 0 saturated heterocycles. The van der Waals surface area contributed by atoms with E-state index in [1.807, 2.05) is 0 Å². The molecule has 0 aliphatic heterocycles. The van der Waals surface area contributed by atoms with Gasteiger partial charge in [-0.25, -0.2) is 14.4 Å². The highest BCUT2D eigenvalue weighted by atomic mass is 35.5. The zero-order valence-electron chi connectivity index (χ0n) is 9.95. The highest BCUT2D eigenvalue weighted by Crippen LogP contribution is 2.26. The molecule has 3 nitrogen and oxygen atoms in total. The van der Waals surface area contributed by atoms with Crippen LogP contribution in [0.4, 0.5) is 10.2 Å². The molecule has 0 saturated carbocycles. The van der Waals surface area contributed by atoms with E-state index in [-0.39, 0.29) is 10.8 Å². The number of anilines is 1. The van der Waals surface area contributed by atoms with Gasteiger partial charge in [-0.15, -0.1) is 0 Å². The Morgan fingerprint density at radius 1 is 1.28 bits per heavy atom. The third kappa shape index (κ3) is 2.76. The highest BCUT2D eigenvalue weighted by Gasteiger charge is 2.09. The lowest BCUT2D eigenvalue weighted by Crippen LogP contribution is -2.00. The van der Waals surface area contributed by atoms with Crippen LogP contribution in [0.25, 0.3) is 11.4 Å². The van der Waals surface area contributed by atoms with Crippen molar-refractivity contribution >= 4 is 17.4 Å². The van der Waals surface area contributed by atoms with E-state index >= 15 is 0 Å². The van der Waals surface area contributed by atoms with Gasteiger partial charge in [-0.05, 0) is 24.6 Å². The summed E-state index contributed by atoms with van der Waals surface area (Å²) in [5.41, 5.74) is 7.19. The molecule has 1 heterocycles. The molecule has 1 aromatic carbocycles. The Labute approximate surface area is 110 Å². The maximum atomic E-state index is 13.0. The Morgan fingerprint density at radius 2 is 2.06 bits per heavy atom. The topological polar surface area (TPSA) is 51.8 Å². The molecule has 0 atom stereocenters. The van der Waals surface area contributed by atoms with Crippen molar-refractivity contribution in [2.45, 2.75) is 19.8 Å². The molecule has 2 aromatic rings. The Morgan fingerprint density at radius 3 is 2.72 bits per heavy atom. The van der Waals surface area contributed by atoms with Gasteiger partial charge < -0.3 is 5.73 Å². The molecular weight excluding hydrogens is 253 g/mol. The Balaban J connectivity index is 2.49. The first-order valence-electron chi connectivity index (χ1n) is 5.69. The van der Waals surface area contributed by atoms with E-state index in [0.717, 1.165) is 18.5 Å². The van der Waals surface area contributed by atoms with Crippen LogP contribution in [0.3, 0.4) is 0 Å². The van der Waals surface area contributed by atoms with E-state index in [1.165, 1.54) is 12.1 Å². The summed E-state index contributed by atoms with van der Waals surface area (Å²) in [4.78, 5) is 8.52. The van der Waals surface area contributed by atoms with Gasteiger partial charge in [0.15, 0.2) is 5.82 Å². The first-order valence-corrected chi connectivity index (χ1v) is 6.07. The number of benzene rings is 1. The highest BCUT2D eigenvalue weighted by molar-refractivity contribution is 6.33. The van der Waals surface area contributed by atoms with Crippen molar-refractivity contribution in [1.82, 2.24) is 9.97 Å². The van der Waals surface area contributed by atoms with Gasteiger partial charge in [-0.1, -0.05) is 24.9 Å². The van der Waals surface area contributed by atoms with Crippen LogP contribution < -0.4 is 5.73 Å². The van der Waals surface area contributed by atoms with E-state index in [1.54, 1.807) is 12.1 Å². The molecule has 0 amide bonds. The molecule has 0 aliphatic rings. The van der Waals surface area contributed by atoms with E-state index in [2.05, 4.69) is 16.9 Å². The van der Waals surface area contributed by atoms with Crippen molar-refractivity contribution in [2.75, 3.05) is 5.73 Å². The maximum Gasteiger partial charge on any atom is 0.163 e. The van der Waals surface area contributed by atoms with Gasteiger partial charge in [0.05, 0.1) is 5.02 Å². The van der Waals surface area contributed by atoms with E-state index in [9.17, 15) is 4.39 Å². The molecule has 1 aromatic heterocycles. The van der Waals surface area contributed by atoms with Crippen molar-refractivity contribution in [2.24, 2.45) is 0 Å². The van der Waals surface area contributed by atoms with E-state index in [4.69, 9.17) is 17.3 Å². The predicted molar refractivity (Wildman–Crippen MR) is 70.8 cm³/mol. The third-order valence-corrected chi connectivity index (χ3v) is 2.79. The first-order chi connectivity index (χ1) is 8.60. The van der Waals surface area contributed by atoms with Crippen LogP contribution in [0, 0.1) is 5.82 Å². The zero-order chi connectivity index (χ0) is 13.1. The number of nitrogen functional groups attached to an aromatic ring is 1. The Hall–Kier alpha value is -1.68. The number of halogens is 2. The van der Waals surface area contributed by atoms with Crippen molar-refractivity contribution in [3.8, 4) is 11.4 Å². The maximum absolute atomic E-state index is 13.0. The van der Waals surface area contributed by atoms with Crippen LogP contribution in [0.1, 0.15) is 19.0 Å². The molecule has 94 valence electrons. The van der Waals surface area contributed by atoms with Gasteiger partial charge in [0.1, 0.15) is 11.6 Å². The van der Waals surface area contributed by atoms with Crippen molar-refractivity contribution in [3.63, 3.8) is 0 Å². The van der Waals surface area contributed by atoms with Gasteiger partial charge in [0.25, 0.3) is 0 Å². The van der Waals surface area contributed by atoms with E-state index < -0.39 is 0 Å². The van der Waals surface area contributed by atoms with Crippen molar-refractivity contribution in [1.29, 1.82) is 0 Å². The second-order valence-corrected chi connectivity index (χ2v) is 4.39. The lowest BCUT2D eigenvalue weighted by Gasteiger charge is -2.06. The number of rotatable bonds is 3. The van der Waals surface area contributed by atoms with Crippen LogP contribution >= 0.6 is 11.6 Å². The van der Waals surface area contributed by atoms with Gasteiger partial charge >= 0.3 is 0 Å². The standard InChI is InChI=1S/C13H13ClFN3/c1-2-3-9-7-12(16)18-13(17-9)10-5-4-8(15)6-11(10)14/h4-7H,2-3H2,1H3,(H2,16,17,18). The molecule has 18 heavy (non-hydrogen) atoms. The van der Waals surface area contributed by atoms with Crippen LogP contribution in [-0.2, 0) is 6.42 Å². The number of nitrogens with two attached hydrogens (primary N) is 1. The smallest absolute Gasteiger partial charge is 0.163 e. The minimum absolute atomic E-state index is 0.281. The fourth-order valence-electron chi connectivity index (χ4n) is 1.69. The summed E-state index contributed by atoms with van der Waals surface area (Å²) in [6, 6.07) is 5.86. The molecule has 0 unspecified atom stereocenters. The molecular formula is C13H13ClFN3. The lowest BCUT2D eigenvalue weighted by atomic mass is 10.2. The largest absolute Gasteiger partial charge is 0.384 e. The number of hydrogen-bond acceptors (Lipinski definition) is 3. The summed E-state index contributed by atoms with van der Waals surface area (Å²) >= 11 is 5.98. The van der Waals surface area contributed by atoms with Crippen LogP contribution in [0.15, 0.2) is 24.3 Å². The quantitative estimate of drug-likeness (QED) is 0.924. The van der Waals surface area contributed by atoms with Crippen molar-refractivity contribution < 1.29 is 4.39 Å². The van der Waals surface area contributed by atoms with Gasteiger partial charge in [0.2, 0.25) is 0 Å². The fraction of sp³-hybridized carbons (Fsp3) is 0.231. The molecule has 0 radical (unpaired) electrons. The molecule has 5 heteroatoms. The van der Waals surface area contributed by atoms with Gasteiger partial charge in [-0.2, -0.15) is 0 Å². The Bertz CT molecular complexity index is 572. The van der Waals surface area contributed by atoms with Gasteiger partial charge in [0, 0.05) is 17.3 Å². The minimum Gasteiger partial charge on any atom is -0.384 e. The van der Waals surface area contributed by atoms with E-state index in [0.29, 0.717) is 17.2 Å². The second kappa shape index (κ2) is 5.31. The predicted octanol–water partition coefficient (Wildman–Crippen LogP) is 3.47. The normalized spacial score (nSPS) is 10.6. The Kier molecular flexibility index (Phi) is 3.77. The van der Waals surface area contributed by atoms with Crippen LogP contribution in [0.5, 0.6) is 0 Å². The SMILES string of the molecule is CCCc1cc(N)nc(-c2ccc(F)cc2Cl)n1. The zero-order valence-corrected chi connectivity index (χ0v) is 10.7. The average molecular weight is 266 g/mol. The van der Waals surface area contributed by atoms with Crippen LogP contribution in [-0.4, -0.2) is 9.97 Å². The summed E-state index contributed by atoms with van der Waals surface area (Å²) in [7, 11) is 0. The summed E-state index contributed by atoms with van der Waals surface area (Å²) in [6.07, 6.45) is 1.78.